The van der Waals surface area contributed by atoms with E-state index < -0.39 is 0 Å². The summed E-state index contributed by atoms with van der Waals surface area (Å²) in [7, 11) is 0. The van der Waals surface area contributed by atoms with Crippen molar-refractivity contribution in [1.29, 1.82) is 0 Å². The maximum atomic E-state index is 5.72. The molecule has 78 valence electrons. The maximum Gasteiger partial charge on any atom is 0.137 e. The van der Waals surface area contributed by atoms with Crippen LogP contribution in [-0.2, 0) is 11.8 Å². The van der Waals surface area contributed by atoms with Crippen LogP contribution in [0.15, 0.2) is 5.38 Å². The van der Waals surface area contributed by atoms with Crippen molar-refractivity contribution in [3.05, 3.63) is 15.8 Å². The standard InChI is InChI=1S/C12H18OS/c1-8(2)12(3,4)11-10-9(7-14-11)5-6-13-10/h7-8H,5-6H2,1-4H3. The summed E-state index contributed by atoms with van der Waals surface area (Å²) < 4.78 is 5.72. The normalized spacial score (nSPS) is 15.8. The monoisotopic (exact) mass is 210 g/mol. The minimum Gasteiger partial charge on any atom is -0.492 e. The second kappa shape index (κ2) is 3.27. The second-order valence-corrected chi connectivity index (χ2v) is 5.77. The number of hydrogen-bond donors (Lipinski definition) is 0. The molecule has 2 heterocycles. The van der Waals surface area contributed by atoms with Gasteiger partial charge in [-0.3, -0.25) is 0 Å². The van der Waals surface area contributed by atoms with E-state index >= 15 is 0 Å². The highest BCUT2D eigenvalue weighted by Gasteiger charge is 2.32. The molecule has 0 bridgehead atoms. The molecule has 0 radical (unpaired) electrons. The van der Waals surface area contributed by atoms with Crippen LogP contribution < -0.4 is 4.74 Å². The highest BCUT2D eigenvalue weighted by molar-refractivity contribution is 7.10. The first-order chi connectivity index (χ1) is 6.53. The van der Waals surface area contributed by atoms with Crippen LogP contribution in [0.3, 0.4) is 0 Å². The van der Waals surface area contributed by atoms with Crippen LogP contribution in [0.4, 0.5) is 0 Å². The van der Waals surface area contributed by atoms with Crippen LogP contribution in [0.2, 0.25) is 0 Å². The van der Waals surface area contributed by atoms with Gasteiger partial charge in [-0.25, -0.2) is 0 Å². The fourth-order valence-corrected chi connectivity index (χ4v) is 3.00. The summed E-state index contributed by atoms with van der Waals surface area (Å²) in [5.74, 6) is 1.84. The van der Waals surface area contributed by atoms with Crippen molar-refractivity contribution in [2.24, 2.45) is 5.92 Å². The number of rotatable bonds is 2. The number of ether oxygens (including phenoxy) is 1. The van der Waals surface area contributed by atoms with Gasteiger partial charge >= 0.3 is 0 Å². The zero-order valence-electron chi connectivity index (χ0n) is 9.39. The lowest BCUT2D eigenvalue weighted by Gasteiger charge is -2.28. The molecule has 1 nitrogen and oxygen atoms in total. The minimum absolute atomic E-state index is 0.239. The zero-order chi connectivity index (χ0) is 10.3. The highest BCUT2D eigenvalue weighted by atomic mass is 32.1. The largest absolute Gasteiger partial charge is 0.492 e. The molecule has 1 aromatic heterocycles. The Kier molecular flexibility index (Phi) is 2.34. The Balaban J connectivity index is 2.42. The molecular weight excluding hydrogens is 192 g/mol. The molecule has 0 spiro atoms. The summed E-state index contributed by atoms with van der Waals surface area (Å²) in [6.07, 6.45) is 1.10. The Labute approximate surface area is 90.1 Å². The summed E-state index contributed by atoms with van der Waals surface area (Å²) >= 11 is 1.86. The van der Waals surface area contributed by atoms with Crippen molar-refractivity contribution in [2.75, 3.05) is 6.61 Å². The van der Waals surface area contributed by atoms with Crippen molar-refractivity contribution < 1.29 is 4.74 Å². The summed E-state index contributed by atoms with van der Waals surface area (Å²) in [4.78, 5) is 1.43. The van der Waals surface area contributed by atoms with E-state index in [-0.39, 0.29) is 5.41 Å². The first-order valence-electron chi connectivity index (χ1n) is 5.27. The molecule has 0 fully saturated rings. The zero-order valence-corrected chi connectivity index (χ0v) is 10.2. The van der Waals surface area contributed by atoms with E-state index in [1.165, 1.54) is 16.2 Å². The van der Waals surface area contributed by atoms with Gasteiger partial charge in [-0.15, -0.1) is 11.3 Å². The van der Waals surface area contributed by atoms with Gasteiger partial charge in [0.05, 0.1) is 11.5 Å². The van der Waals surface area contributed by atoms with Gasteiger partial charge in [-0.2, -0.15) is 0 Å². The molecule has 2 rings (SSSR count). The molecule has 0 saturated heterocycles. The summed E-state index contributed by atoms with van der Waals surface area (Å²) in [6, 6.07) is 0. The predicted octanol–water partition coefficient (Wildman–Crippen LogP) is 3.62. The Morgan fingerprint density at radius 2 is 2.14 bits per heavy atom. The van der Waals surface area contributed by atoms with Crippen molar-refractivity contribution in [2.45, 2.75) is 39.5 Å². The van der Waals surface area contributed by atoms with E-state index in [1.807, 2.05) is 11.3 Å². The molecular formula is C12H18OS. The summed E-state index contributed by atoms with van der Waals surface area (Å²) in [5, 5.41) is 2.27. The van der Waals surface area contributed by atoms with Crippen LogP contribution >= 0.6 is 11.3 Å². The molecule has 0 aliphatic carbocycles. The number of hydrogen-bond acceptors (Lipinski definition) is 2. The molecule has 0 amide bonds. The van der Waals surface area contributed by atoms with Crippen molar-refractivity contribution >= 4 is 11.3 Å². The van der Waals surface area contributed by atoms with Gasteiger partial charge in [0.25, 0.3) is 0 Å². The minimum atomic E-state index is 0.239. The third-order valence-electron chi connectivity index (χ3n) is 3.46. The van der Waals surface area contributed by atoms with Gasteiger partial charge < -0.3 is 4.74 Å². The van der Waals surface area contributed by atoms with Crippen LogP contribution in [0, 0.1) is 5.92 Å². The fourth-order valence-electron chi connectivity index (χ4n) is 1.68. The first-order valence-corrected chi connectivity index (χ1v) is 6.15. The third-order valence-corrected chi connectivity index (χ3v) is 4.81. The summed E-state index contributed by atoms with van der Waals surface area (Å²) in [5.41, 5.74) is 1.65. The Hall–Kier alpha value is -0.500. The van der Waals surface area contributed by atoms with Crippen molar-refractivity contribution in [3.63, 3.8) is 0 Å². The molecule has 14 heavy (non-hydrogen) atoms. The number of thiophene rings is 1. The molecule has 0 N–H and O–H groups in total. The Bertz CT molecular complexity index is 336. The van der Waals surface area contributed by atoms with E-state index in [2.05, 4.69) is 33.1 Å². The van der Waals surface area contributed by atoms with Crippen LogP contribution in [-0.4, -0.2) is 6.61 Å². The topological polar surface area (TPSA) is 9.23 Å². The Morgan fingerprint density at radius 3 is 2.79 bits per heavy atom. The van der Waals surface area contributed by atoms with E-state index in [1.54, 1.807) is 0 Å². The average molecular weight is 210 g/mol. The van der Waals surface area contributed by atoms with E-state index in [9.17, 15) is 0 Å². The molecule has 1 aliphatic rings. The molecule has 0 aromatic carbocycles. The van der Waals surface area contributed by atoms with Gasteiger partial charge in [-0.05, 0) is 11.3 Å². The molecule has 1 aromatic rings. The van der Waals surface area contributed by atoms with E-state index in [0.717, 1.165) is 13.0 Å². The fraction of sp³-hybridized carbons (Fsp3) is 0.667. The Morgan fingerprint density at radius 1 is 1.43 bits per heavy atom. The maximum absolute atomic E-state index is 5.72. The molecule has 0 unspecified atom stereocenters. The molecule has 0 saturated carbocycles. The lowest BCUT2D eigenvalue weighted by molar-refractivity contribution is 0.327. The van der Waals surface area contributed by atoms with Crippen LogP contribution in [0.1, 0.15) is 38.1 Å². The second-order valence-electron chi connectivity index (χ2n) is 4.89. The first kappa shape index (κ1) is 10.0. The summed E-state index contributed by atoms with van der Waals surface area (Å²) in [6.45, 7) is 10.1. The molecule has 0 atom stereocenters. The van der Waals surface area contributed by atoms with Crippen molar-refractivity contribution in [3.8, 4) is 5.75 Å². The van der Waals surface area contributed by atoms with E-state index in [0.29, 0.717) is 5.92 Å². The highest BCUT2D eigenvalue weighted by Crippen LogP contribution is 2.45. The third kappa shape index (κ3) is 1.36. The van der Waals surface area contributed by atoms with Gasteiger partial charge in [0.15, 0.2) is 0 Å². The lowest BCUT2D eigenvalue weighted by Crippen LogP contribution is -2.23. The predicted molar refractivity (Wildman–Crippen MR) is 61.4 cm³/mol. The van der Waals surface area contributed by atoms with Crippen LogP contribution in [0.5, 0.6) is 5.75 Å². The van der Waals surface area contributed by atoms with Crippen molar-refractivity contribution in [1.82, 2.24) is 0 Å². The molecule has 2 heteroatoms. The van der Waals surface area contributed by atoms with Gasteiger partial charge in [0.1, 0.15) is 5.75 Å². The van der Waals surface area contributed by atoms with Gasteiger partial charge in [-0.1, -0.05) is 27.7 Å². The number of fused-ring (bicyclic) bond motifs is 1. The van der Waals surface area contributed by atoms with Gasteiger partial charge in [0.2, 0.25) is 0 Å². The SMILES string of the molecule is CC(C)C(C)(C)c1scc2c1OCC2. The van der Waals surface area contributed by atoms with Crippen LogP contribution in [0.25, 0.3) is 0 Å². The smallest absolute Gasteiger partial charge is 0.137 e. The van der Waals surface area contributed by atoms with Gasteiger partial charge in [0, 0.05) is 17.4 Å². The average Bonchev–Trinajstić information content (AvgIpc) is 2.61. The quantitative estimate of drug-likeness (QED) is 0.724. The van der Waals surface area contributed by atoms with E-state index in [4.69, 9.17) is 4.74 Å². The molecule has 1 aliphatic heterocycles. The lowest BCUT2D eigenvalue weighted by atomic mass is 9.79.